The summed E-state index contributed by atoms with van der Waals surface area (Å²) >= 11 is 0. The van der Waals surface area contributed by atoms with Crippen molar-refractivity contribution in [3.05, 3.63) is 64.4 Å². The molecule has 2 heterocycles. The zero-order chi connectivity index (χ0) is 22.5. The Hall–Kier alpha value is -4.54. The second-order valence-corrected chi connectivity index (χ2v) is 6.56. The van der Waals surface area contributed by atoms with Crippen LogP contribution in [0.5, 0.6) is 17.2 Å². The van der Waals surface area contributed by atoms with Crippen LogP contribution < -0.4 is 25.0 Å². The molecule has 0 fully saturated rings. The van der Waals surface area contributed by atoms with Gasteiger partial charge in [0.25, 0.3) is 11.6 Å². The lowest BCUT2D eigenvalue weighted by molar-refractivity contribution is -0.384. The summed E-state index contributed by atoms with van der Waals surface area (Å²) in [6, 6.07) is 12.9. The van der Waals surface area contributed by atoms with E-state index in [0.717, 1.165) is 0 Å². The van der Waals surface area contributed by atoms with Crippen molar-refractivity contribution < 1.29 is 28.3 Å². The minimum absolute atomic E-state index is 0.0154. The molecule has 32 heavy (non-hydrogen) atoms. The number of carbonyl (C=O) groups excluding carboxylic acids is 1. The van der Waals surface area contributed by atoms with Gasteiger partial charge in [-0.2, -0.15) is 5.10 Å². The third-order valence-corrected chi connectivity index (χ3v) is 4.50. The number of hydrazone groups is 1. The van der Waals surface area contributed by atoms with Crippen molar-refractivity contribution in [1.29, 1.82) is 0 Å². The molecule has 1 amide bonds. The Morgan fingerprint density at radius 2 is 2.03 bits per heavy atom. The molecule has 3 aromatic rings. The highest BCUT2D eigenvalue weighted by atomic mass is 16.7. The number of anilines is 1. The average molecular weight is 438 g/mol. The van der Waals surface area contributed by atoms with Crippen LogP contribution in [0, 0.1) is 10.1 Å². The van der Waals surface area contributed by atoms with E-state index >= 15 is 0 Å². The molecule has 0 bridgehead atoms. The standard InChI is InChI=1S/C21H18N4O7/c1-29-14-3-5-16(17(9-14)25(27)28)18-7-4-15(32-18)10-23-24-21(26)11-22-13-2-6-19-20(8-13)31-12-30-19/h2-10,22H,11-12H2,1H3,(H,24,26)/b23-10-. The van der Waals surface area contributed by atoms with E-state index in [-0.39, 0.29) is 30.7 Å². The van der Waals surface area contributed by atoms with Crippen molar-refractivity contribution in [3.63, 3.8) is 0 Å². The lowest BCUT2D eigenvalue weighted by Gasteiger charge is -2.06. The van der Waals surface area contributed by atoms with E-state index in [4.69, 9.17) is 18.6 Å². The molecule has 1 aromatic heterocycles. The molecule has 164 valence electrons. The quantitative estimate of drug-likeness (QED) is 0.311. The molecule has 0 radical (unpaired) electrons. The van der Waals surface area contributed by atoms with Gasteiger partial charge in [0.05, 0.1) is 36.4 Å². The molecule has 11 heteroatoms. The van der Waals surface area contributed by atoms with Gasteiger partial charge in [0.1, 0.15) is 17.3 Å². The normalized spacial score (nSPS) is 12.0. The minimum Gasteiger partial charge on any atom is -0.497 e. The predicted molar refractivity (Wildman–Crippen MR) is 114 cm³/mol. The Labute approximate surface area is 181 Å². The predicted octanol–water partition coefficient (Wildman–Crippen LogP) is 3.15. The van der Waals surface area contributed by atoms with Gasteiger partial charge in [-0.25, -0.2) is 5.43 Å². The highest BCUT2D eigenvalue weighted by molar-refractivity contribution is 5.84. The van der Waals surface area contributed by atoms with Crippen LogP contribution >= 0.6 is 0 Å². The van der Waals surface area contributed by atoms with E-state index in [1.54, 1.807) is 42.5 Å². The van der Waals surface area contributed by atoms with Gasteiger partial charge in [0.2, 0.25) is 6.79 Å². The van der Waals surface area contributed by atoms with E-state index in [2.05, 4.69) is 15.8 Å². The number of benzene rings is 2. The van der Waals surface area contributed by atoms with E-state index in [0.29, 0.717) is 34.3 Å². The van der Waals surface area contributed by atoms with Crippen molar-refractivity contribution in [2.24, 2.45) is 5.10 Å². The number of nitrogens with zero attached hydrogens (tertiary/aromatic N) is 2. The number of fused-ring (bicyclic) bond motifs is 1. The number of furan rings is 1. The van der Waals surface area contributed by atoms with Crippen molar-refractivity contribution in [1.82, 2.24) is 5.43 Å². The third kappa shape index (κ3) is 4.61. The number of methoxy groups -OCH3 is 1. The molecule has 2 N–H and O–H groups in total. The molecule has 0 unspecified atom stereocenters. The first-order chi connectivity index (χ1) is 15.5. The largest absolute Gasteiger partial charge is 0.497 e. The van der Waals surface area contributed by atoms with Crippen LogP contribution in [-0.2, 0) is 4.79 Å². The maximum Gasteiger partial charge on any atom is 0.284 e. The number of hydrogen-bond donors (Lipinski definition) is 2. The average Bonchev–Trinajstić information content (AvgIpc) is 3.46. The van der Waals surface area contributed by atoms with Crippen LogP contribution in [0.2, 0.25) is 0 Å². The summed E-state index contributed by atoms with van der Waals surface area (Å²) < 4.78 is 21.2. The number of amides is 1. The smallest absolute Gasteiger partial charge is 0.284 e. The fourth-order valence-electron chi connectivity index (χ4n) is 2.96. The molecule has 11 nitrogen and oxygen atoms in total. The highest BCUT2D eigenvalue weighted by Crippen LogP contribution is 2.35. The minimum atomic E-state index is -0.512. The number of hydrogen-bond acceptors (Lipinski definition) is 9. The molecular weight excluding hydrogens is 420 g/mol. The Morgan fingerprint density at radius 3 is 2.84 bits per heavy atom. The summed E-state index contributed by atoms with van der Waals surface area (Å²) in [7, 11) is 1.43. The maximum absolute atomic E-state index is 12.0. The number of nitro benzene ring substituents is 1. The van der Waals surface area contributed by atoms with Crippen LogP contribution in [0.15, 0.2) is 58.0 Å². The lowest BCUT2D eigenvalue weighted by Crippen LogP contribution is -2.25. The zero-order valence-electron chi connectivity index (χ0n) is 16.9. The monoisotopic (exact) mass is 438 g/mol. The molecule has 1 aliphatic rings. The molecule has 1 aliphatic heterocycles. The van der Waals surface area contributed by atoms with Gasteiger partial charge in [-0.15, -0.1) is 0 Å². The van der Waals surface area contributed by atoms with Gasteiger partial charge in [0, 0.05) is 11.8 Å². The molecule has 0 saturated carbocycles. The molecule has 0 aliphatic carbocycles. The number of nitro groups is 1. The molecule has 0 atom stereocenters. The molecule has 0 spiro atoms. The maximum atomic E-state index is 12.0. The Balaban J connectivity index is 1.34. The lowest BCUT2D eigenvalue weighted by atomic mass is 10.1. The second-order valence-electron chi connectivity index (χ2n) is 6.56. The molecular formula is C21H18N4O7. The second kappa shape index (κ2) is 9.08. The topological polar surface area (TPSA) is 137 Å². The van der Waals surface area contributed by atoms with Crippen molar-refractivity contribution >= 4 is 23.5 Å². The van der Waals surface area contributed by atoms with Gasteiger partial charge in [-0.3, -0.25) is 14.9 Å². The van der Waals surface area contributed by atoms with E-state index in [1.807, 2.05) is 0 Å². The van der Waals surface area contributed by atoms with Crippen molar-refractivity contribution in [3.8, 4) is 28.6 Å². The summed E-state index contributed by atoms with van der Waals surface area (Å²) in [5.41, 5.74) is 3.22. The van der Waals surface area contributed by atoms with Crippen LogP contribution in [0.1, 0.15) is 5.76 Å². The van der Waals surface area contributed by atoms with Crippen LogP contribution in [0.25, 0.3) is 11.3 Å². The van der Waals surface area contributed by atoms with E-state index < -0.39 is 4.92 Å². The van der Waals surface area contributed by atoms with E-state index in [9.17, 15) is 14.9 Å². The number of rotatable bonds is 8. The summed E-state index contributed by atoms with van der Waals surface area (Å²) in [6.45, 7) is 0.159. The first-order valence-electron chi connectivity index (χ1n) is 9.41. The summed E-state index contributed by atoms with van der Waals surface area (Å²) in [5.74, 6) is 1.86. The van der Waals surface area contributed by atoms with E-state index in [1.165, 1.54) is 19.4 Å². The summed E-state index contributed by atoms with van der Waals surface area (Å²) in [4.78, 5) is 22.8. The van der Waals surface area contributed by atoms with Gasteiger partial charge in [-0.1, -0.05) is 0 Å². The van der Waals surface area contributed by atoms with Crippen molar-refractivity contribution in [2.45, 2.75) is 0 Å². The van der Waals surface area contributed by atoms with Crippen LogP contribution in [0.3, 0.4) is 0 Å². The highest BCUT2D eigenvalue weighted by Gasteiger charge is 2.19. The number of ether oxygens (including phenoxy) is 3. The first-order valence-corrected chi connectivity index (χ1v) is 9.41. The first kappa shape index (κ1) is 20.7. The Bertz CT molecular complexity index is 1190. The summed E-state index contributed by atoms with van der Waals surface area (Å²) in [6.07, 6.45) is 1.30. The zero-order valence-corrected chi connectivity index (χ0v) is 16.9. The third-order valence-electron chi connectivity index (χ3n) is 4.50. The van der Waals surface area contributed by atoms with Crippen LogP contribution in [0.4, 0.5) is 11.4 Å². The fraction of sp³-hybridized carbons (Fsp3) is 0.143. The fourth-order valence-corrected chi connectivity index (χ4v) is 2.96. The number of carbonyl (C=O) groups is 1. The van der Waals surface area contributed by atoms with Crippen LogP contribution in [-0.4, -0.2) is 37.5 Å². The Morgan fingerprint density at radius 1 is 1.19 bits per heavy atom. The SMILES string of the molecule is COc1ccc(-c2ccc(/C=N\NC(=O)CNc3ccc4c(c3)OCO4)o2)c([N+](=O)[O-])c1. The van der Waals surface area contributed by atoms with Gasteiger partial charge in [-0.05, 0) is 36.4 Å². The number of nitrogens with one attached hydrogen (secondary N) is 2. The van der Waals surface area contributed by atoms with Crippen molar-refractivity contribution in [2.75, 3.05) is 25.8 Å². The molecule has 2 aromatic carbocycles. The molecule has 0 saturated heterocycles. The van der Waals surface area contributed by atoms with Gasteiger partial charge < -0.3 is 23.9 Å². The van der Waals surface area contributed by atoms with Gasteiger partial charge in [0.15, 0.2) is 11.5 Å². The Kier molecular flexibility index (Phi) is 5.88. The molecule has 4 rings (SSSR count). The summed E-state index contributed by atoms with van der Waals surface area (Å²) in [5, 5.41) is 18.2. The van der Waals surface area contributed by atoms with Gasteiger partial charge >= 0.3 is 0 Å².